The molecule has 3 aromatic rings. The maximum atomic E-state index is 13.3. The minimum atomic E-state index is 0.122. The highest BCUT2D eigenvalue weighted by molar-refractivity contribution is 5.43. The van der Waals surface area contributed by atoms with Crippen molar-refractivity contribution in [1.29, 1.82) is 5.26 Å². The monoisotopic (exact) mass is 415 g/mol. The Bertz CT molecular complexity index is 1180. The van der Waals surface area contributed by atoms with Crippen molar-refractivity contribution in [3.8, 4) is 6.07 Å². The highest BCUT2D eigenvalue weighted by Crippen LogP contribution is 2.36. The summed E-state index contributed by atoms with van der Waals surface area (Å²) in [6.07, 6.45) is 4.64. The first-order valence-corrected chi connectivity index (χ1v) is 10.6. The summed E-state index contributed by atoms with van der Waals surface area (Å²) in [5.74, 6) is 2.43. The predicted octanol–water partition coefficient (Wildman–Crippen LogP) is 2.09. The number of aromatic nitrogens is 4. The van der Waals surface area contributed by atoms with Crippen molar-refractivity contribution in [2.45, 2.75) is 32.0 Å². The number of rotatable bonds is 5. The molecule has 0 unspecified atom stereocenters. The molecule has 8 heteroatoms. The lowest BCUT2D eigenvalue weighted by Gasteiger charge is -2.43. The Balaban J connectivity index is 1.36. The Morgan fingerprint density at radius 3 is 2.94 bits per heavy atom. The molecular weight excluding hydrogens is 390 g/mol. The fourth-order valence-corrected chi connectivity index (χ4v) is 4.95. The molecule has 0 spiro atoms. The van der Waals surface area contributed by atoms with Gasteiger partial charge >= 0.3 is 0 Å². The van der Waals surface area contributed by atoms with Crippen molar-refractivity contribution in [2.75, 3.05) is 25.0 Å². The Labute approximate surface area is 180 Å². The fourth-order valence-electron chi connectivity index (χ4n) is 4.95. The van der Waals surface area contributed by atoms with Crippen LogP contribution in [0, 0.1) is 17.2 Å². The van der Waals surface area contributed by atoms with Gasteiger partial charge in [-0.05, 0) is 37.6 Å². The molecule has 31 heavy (non-hydrogen) atoms. The molecule has 5 heterocycles. The van der Waals surface area contributed by atoms with E-state index < -0.39 is 0 Å². The Morgan fingerprint density at radius 1 is 1.23 bits per heavy atom. The SMILES string of the molecule is CN(Cc1ncc[nH]1)Cc1ccc2n(c1=O)C[C@H]1C[C@@H]2CN(c2cccc(C#N)n2)C1. The van der Waals surface area contributed by atoms with Crippen molar-refractivity contribution in [3.63, 3.8) is 0 Å². The molecule has 8 nitrogen and oxygen atoms in total. The zero-order chi connectivity index (χ0) is 21.4. The summed E-state index contributed by atoms with van der Waals surface area (Å²) in [5.41, 5.74) is 2.49. The van der Waals surface area contributed by atoms with Gasteiger partial charge in [0.25, 0.3) is 5.56 Å². The molecule has 0 radical (unpaired) electrons. The molecule has 0 saturated carbocycles. The second-order valence-corrected chi connectivity index (χ2v) is 8.60. The second kappa shape index (κ2) is 8.00. The number of H-pyrrole nitrogens is 1. The quantitative estimate of drug-likeness (QED) is 0.686. The summed E-state index contributed by atoms with van der Waals surface area (Å²) >= 11 is 0. The first kappa shape index (κ1) is 19.5. The molecule has 3 aromatic heterocycles. The van der Waals surface area contributed by atoms with E-state index in [1.54, 1.807) is 12.3 Å². The molecule has 0 aliphatic carbocycles. The minimum Gasteiger partial charge on any atom is -0.356 e. The zero-order valence-electron chi connectivity index (χ0n) is 17.5. The van der Waals surface area contributed by atoms with E-state index in [-0.39, 0.29) is 5.56 Å². The van der Waals surface area contributed by atoms with E-state index in [4.69, 9.17) is 5.26 Å². The van der Waals surface area contributed by atoms with Gasteiger partial charge in [-0.2, -0.15) is 5.26 Å². The van der Waals surface area contributed by atoms with Crippen molar-refractivity contribution in [3.05, 3.63) is 75.9 Å². The largest absolute Gasteiger partial charge is 0.356 e. The number of nitrogens with one attached hydrogen (secondary N) is 1. The van der Waals surface area contributed by atoms with Crippen LogP contribution in [0.4, 0.5) is 5.82 Å². The highest BCUT2D eigenvalue weighted by atomic mass is 16.1. The van der Waals surface area contributed by atoms with Gasteiger partial charge in [0.05, 0.1) is 6.54 Å². The molecule has 2 aliphatic rings. The molecule has 2 aliphatic heterocycles. The van der Waals surface area contributed by atoms with Gasteiger partial charge in [-0.1, -0.05) is 12.1 Å². The van der Waals surface area contributed by atoms with Crippen LogP contribution in [-0.4, -0.2) is 44.6 Å². The summed E-state index contributed by atoms with van der Waals surface area (Å²) < 4.78 is 1.99. The Hall–Kier alpha value is -3.44. The smallest absolute Gasteiger partial charge is 0.255 e. The van der Waals surface area contributed by atoms with E-state index in [1.165, 1.54) is 0 Å². The number of hydrogen-bond acceptors (Lipinski definition) is 6. The lowest BCUT2D eigenvalue weighted by Crippen LogP contribution is -2.48. The molecule has 0 aromatic carbocycles. The second-order valence-electron chi connectivity index (χ2n) is 8.60. The van der Waals surface area contributed by atoms with Crippen LogP contribution in [0.25, 0.3) is 0 Å². The summed E-state index contributed by atoms with van der Waals surface area (Å²) in [6, 6.07) is 11.8. The molecule has 1 N–H and O–H groups in total. The van der Waals surface area contributed by atoms with Crippen molar-refractivity contribution in [2.24, 2.45) is 5.92 Å². The van der Waals surface area contributed by atoms with Crippen LogP contribution >= 0.6 is 0 Å². The Morgan fingerprint density at radius 2 is 2.13 bits per heavy atom. The third-order valence-corrected chi connectivity index (χ3v) is 6.27. The maximum Gasteiger partial charge on any atom is 0.255 e. The van der Waals surface area contributed by atoms with Crippen LogP contribution in [0.15, 0.2) is 47.5 Å². The number of imidazole rings is 1. The summed E-state index contributed by atoms with van der Waals surface area (Å²) in [4.78, 5) is 29.5. The fraction of sp³-hybridized carbons (Fsp3) is 0.391. The van der Waals surface area contributed by atoms with E-state index in [9.17, 15) is 4.79 Å². The maximum absolute atomic E-state index is 13.3. The normalized spacial score (nSPS) is 19.8. The molecule has 0 amide bonds. The van der Waals surface area contributed by atoms with Gasteiger partial charge in [-0.15, -0.1) is 0 Å². The van der Waals surface area contributed by atoms with Gasteiger partial charge in [-0.25, -0.2) is 9.97 Å². The number of pyridine rings is 2. The van der Waals surface area contributed by atoms with E-state index in [2.05, 4.69) is 36.9 Å². The molecule has 5 rings (SSSR count). The average Bonchev–Trinajstić information content (AvgIpc) is 3.29. The van der Waals surface area contributed by atoms with E-state index in [0.29, 0.717) is 30.6 Å². The molecule has 2 bridgehead atoms. The van der Waals surface area contributed by atoms with E-state index in [1.807, 2.05) is 36.0 Å². The summed E-state index contributed by atoms with van der Waals surface area (Å²) in [5, 5.41) is 9.16. The van der Waals surface area contributed by atoms with Gasteiger partial charge in [-0.3, -0.25) is 9.69 Å². The zero-order valence-corrected chi connectivity index (χ0v) is 17.5. The van der Waals surface area contributed by atoms with Crippen LogP contribution < -0.4 is 10.5 Å². The first-order valence-electron chi connectivity index (χ1n) is 10.6. The molecular formula is C23H25N7O. The lowest BCUT2D eigenvalue weighted by atomic mass is 9.83. The van der Waals surface area contributed by atoms with E-state index >= 15 is 0 Å². The number of anilines is 1. The molecule has 1 saturated heterocycles. The summed E-state index contributed by atoms with van der Waals surface area (Å²) in [7, 11) is 2.00. The third kappa shape index (κ3) is 3.84. The number of nitrogens with zero attached hydrogens (tertiary/aromatic N) is 6. The lowest BCUT2D eigenvalue weighted by molar-refractivity contribution is 0.275. The number of piperidine rings is 1. The van der Waals surface area contributed by atoms with Gasteiger partial charge < -0.3 is 14.5 Å². The van der Waals surface area contributed by atoms with Crippen LogP contribution in [0.5, 0.6) is 0 Å². The number of nitriles is 1. The average molecular weight is 416 g/mol. The standard InChI is InChI=1S/C23H25N7O/c1-28(15-21-25-7-8-26-21)13-17-5-6-20-18-9-16(12-30(20)23(17)31)11-29(14-18)22-4-2-3-19(10-24)27-22/h2-8,16,18H,9,11-15H2,1H3,(H,25,26)/t16-,18+/m0/s1. The molecule has 1 fully saturated rings. The van der Waals surface area contributed by atoms with Gasteiger partial charge in [0.15, 0.2) is 0 Å². The van der Waals surface area contributed by atoms with Crippen LogP contribution in [0.2, 0.25) is 0 Å². The predicted molar refractivity (Wildman–Crippen MR) is 116 cm³/mol. The Kier molecular flexibility index (Phi) is 5.04. The van der Waals surface area contributed by atoms with Crippen molar-refractivity contribution < 1.29 is 0 Å². The molecule has 2 atom stereocenters. The minimum absolute atomic E-state index is 0.122. The van der Waals surface area contributed by atoms with Gasteiger partial charge in [0.1, 0.15) is 23.4 Å². The number of fused-ring (bicyclic) bond motifs is 4. The summed E-state index contributed by atoms with van der Waals surface area (Å²) in [6.45, 7) is 3.66. The third-order valence-electron chi connectivity index (χ3n) is 6.27. The molecule has 158 valence electrons. The first-order chi connectivity index (χ1) is 15.1. The van der Waals surface area contributed by atoms with Crippen LogP contribution in [0.1, 0.15) is 35.1 Å². The van der Waals surface area contributed by atoms with E-state index in [0.717, 1.165) is 49.0 Å². The van der Waals surface area contributed by atoms with Crippen molar-refractivity contribution in [1.82, 2.24) is 24.4 Å². The van der Waals surface area contributed by atoms with Crippen LogP contribution in [-0.2, 0) is 19.6 Å². The van der Waals surface area contributed by atoms with Crippen LogP contribution in [0.3, 0.4) is 0 Å². The van der Waals surface area contributed by atoms with Gasteiger partial charge in [0.2, 0.25) is 0 Å². The highest BCUT2D eigenvalue weighted by Gasteiger charge is 2.35. The number of hydrogen-bond donors (Lipinski definition) is 1. The number of aromatic amines is 1. The van der Waals surface area contributed by atoms with Gasteiger partial charge in [0, 0.05) is 55.7 Å². The topological polar surface area (TPSA) is 93.8 Å². The van der Waals surface area contributed by atoms with Crippen molar-refractivity contribution >= 4 is 5.82 Å².